The first-order chi connectivity index (χ1) is 11.9. The maximum atomic E-state index is 12.6. The molecule has 1 saturated heterocycles. The number of carbonyl (C=O) groups is 1. The summed E-state index contributed by atoms with van der Waals surface area (Å²) in [6, 6.07) is 6.25. The highest BCUT2D eigenvalue weighted by Gasteiger charge is 2.23. The lowest BCUT2D eigenvalue weighted by atomic mass is 10.1. The Balaban J connectivity index is 2.03. The Hall–Kier alpha value is -1.52. The van der Waals surface area contributed by atoms with E-state index in [4.69, 9.17) is 9.84 Å². The number of rotatable bonds is 8. The summed E-state index contributed by atoms with van der Waals surface area (Å²) in [6.45, 7) is 4.23. The number of nitrogens with one attached hydrogen (secondary N) is 2. The minimum Gasteiger partial charge on any atom is -0.394 e. The Labute approximate surface area is 148 Å². The van der Waals surface area contributed by atoms with E-state index >= 15 is 0 Å². The predicted molar refractivity (Wildman–Crippen MR) is 92.9 cm³/mol. The smallest absolute Gasteiger partial charge is 0.253 e. The lowest BCUT2D eigenvalue weighted by Crippen LogP contribution is -2.51. The van der Waals surface area contributed by atoms with E-state index < -0.39 is 10.0 Å². The molecular weight excluding hydrogens is 346 g/mol. The molecule has 25 heavy (non-hydrogen) atoms. The van der Waals surface area contributed by atoms with Crippen molar-refractivity contribution in [2.24, 2.45) is 0 Å². The van der Waals surface area contributed by atoms with Crippen molar-refractivity contribution < 1.29 is 23.1 Å². The molecule has 0 bridgehead atoms. The molecule has 0 spiro atoms. The van der Waals surface area contributed by atoms with Crippen LogP contribution >= 0.6 is 0 Å². The Morgan fingerprint density at radius 2 is 2.24 bits per heavy atom. The molecular formula is C16H25N3O5S. The average molecular weight is 371 g/mol. The van der Waals surface area contributed by atoms with Crippen LogP contribution in [0.4, 0.5) is 0 Å². The molecule has 1 aromatic rings. The molecule has 140 valence electrons. The summed E-state index contributed by atoms with van der Waals surface area (Å²) in [7, 11) is -3.72. The van der Waals surface area contributed by atoms with E-state index in [0.717, 1.165) is 6.54 Å². The largest absolute Gasteiger partial charge is 0.394 e. The first-order valence-electron chi connectivity index (χ1n) is 8.25. The molecule has 1 aliphatic rings. The molecule has 1 fully saturated rings. The molecule has 0 saturated carbocycles. The summed E-state index contributed by atoms with van der Waals surface area (Å²) in [6.07, 6.45) is 0. The molecule has 0 aromatic heterocycles. The summed E-state index contributed by atoms with van der Waals surface area (Å²) >= 11 is 0. The summed E-state index contributed by atoms with van der Waals surface area (Å²) in [5.41, 5.74) is 0.355. The van der Waals surface area contributed by atoms with Gasteiger partial charge < -0.3 is 20.1 Å². The van der Waals surface area contributed by atoms with Crippen LogP contribution in [0.5, 0.6) is 0 Å². The second-order valence-electron chi connectivity index (χ2n) is 5.87. The molecule has 1 atom stereocenters. The first-order valence-corrected chi connectivity index (χ1v) is 9.73. The van der Waals surface area contributed by atoms with Crippen LogP contribution in [0.2, 0.25) is 0 Å². The van der Waals surface area contributed by atoms with E-state index in [2.05, 4.69) is 10.0 Å². The van der Waals surface area contributed by atoms with E-state index in [0.29, 0.717) is 18.7 Å². The molecule has 1 amide bonds. The zero-order valence-electron chi connectivity index (χ0n) is 14.3. The highest BCUT2D eigenvalue weighted by atomic mass is 32.2. The molecule has 0 aliphatic carbocycles. The lowest BCUT2D eigenvalue weighted by Gasteiger charge is -2.32. The van der Waals surface area contributed by atoms with E-state index in [-0.39, 0.29) is 43.2 Å². The van der Waals surface area contributed by atoms with Gasteiger partial charge in [-0.2, -0.15) is 0 Å². The Bertz CT molecular complexity index is 680. The van der Waals surface area contributed by atoms with Crippen molar-refractivity contribution in [3.05, 3.63) is 29.8 Å². The van der Waals surface area contributed by atoms with Gasteiger partial charge in [0.25, 0.3) is 5.91 Å². The van der Waals surface area contributed by atoms with Crippen molar-refractivity contribution in [3.63, 3.8) is 0 Å². The number of nitrogens with zero attached hydrogens (tertiary/aromatic N) is 1. The normalized spacial score (nSPS) is 18.3. The van der Waals surface area contributed by atoms with Crippen LogP contribution in [0.3, 0.4) is 0 Å². The van der Waals surface area contributed by atoms with Crippen LogP contribution < -0.4 is 10.0 Å². The van der Waals surface area contributed by atoms with E-state index in [1.165, 1.54) is 12.1 Å². The van der Waals surface area contributed by atoms with Crippen molar-refractivity contribution in [2.45, 2.75) is 17.9 Å². The summed E-state index contributed by atoms with van der Waals surface area (Å²) < 4.78 is 32.1. The number of ether oxygens (including phenoxy) is 1. The number of aliphatic hydroxyl groups excluding tert-OH is 1. The molecule has 1 aromatic carbocycles. The molecule has 0 radical (unpaired) electrons. The van der Waals surface area contributed by atoms with Gasteiger partial charge in [0.15, 0.2) is 0 Å². The van der Waals surface area contributed by atoms with Gasteiger partial charge in [0.2, 0.25) is 10.0 Å². The third-order valence-corrected chi connectivity index (χ3v) is 5.28. The maximum absolute atomic E-state index is 12.6. The highest BCUT2D eigenvalue weighted by Crippen LogP contribution is 2.14. The number of carbonyl (C=O) groups excluding carboxylic acids is 1. The van der Waals surface area contributed by atoms with Gasteiger partial charge >= 0.3 is 0 Å². The molecule has 8 nitrogen and oxygen atoms in total. The Kier molecular flexibility index (Phi) is 7.33. The lowest BCUT2D eigenvalue weighted by molar-refractivity contribution is 0.0709. The van der Waals surface area contributed by atoms with Crippen molar-refractivity contribution in [1.82, 2.24) is 14.9 Å². The number of sulfonamides is 1. The second kappa shape index (κ2) is 9.25. The fourth-order valence-electron chi connectivity index (χ4n) is 2.59. The second-order valence-corrected chi connectivity index (χ2v) is 7.63. The zero-order chi connectivity index (χ0) is 18.3. The van der Waals surface area contributed by atoms with Crippen LogP contribution in [-0.2, 0) is 14.8 Å². The zero-order valence-corrected chi connectivity index (χ0v) is 15.1. The van der Waals surface area contributed by atoms with Gasteiger partial charge in [-0.15, -0.1) is 0 Å². The third-order valence-electron chi connectivity index (χ3n) is 3.82. The standard InChI is InChI=1S/C16H25N3O5S/c1-13-12-19(7-5-17-13)16(21)14-3-2-4-15(11-14)25(22,23)18-6-9-24-10-8-20/h2-4,11,13,17-18,20H,5-10,12H2,1H3. The molecule has 9 heteroatoms. The van der Waals surface area contributed by atoms with Crippen LogP contribution in [0.25, 0.3) is 0 Å². The van der Waals surface area contributed by atoms with Gasteiger partial charge in [-0.1, -0.05) is 6.07 Å². The number of benzene rings is 1. The number of aliphatic hydroxyl groups is 1. The van der Waals surface area contributed by atoms with E-state index in [1.807, 2.05) is 6.92 Å². The minimum absolute atomic E-state index is 0.0451. The Morgan fingerprint density at radius 1 is 1.44 bits per heavy atom. The van der Waals surface area contributed by atoms with E-state index in [9.17, 15) is 13.2 Å². The van der Waals surface area contributed by atoms with Crippen LogP contribution in [0.1, 0.15) is 17.3 Å². The van der Waals surface area contributed by atoms with Crippen LogP contribution in [-0.4, -0.2) is 76.4 Å². The van der Waals surface area contributed by atoms with Crippen molar-refractivity contribution in [1.29, 1.82) is 0 Å². The number of piperazine rings is 1. The molecule has 1 unspecified atom stereocenters. The molecule has 3 N–H and O–H groups in total. The fraction of sp³-hybridized carbons (Fsp3) is 0.562. The number of hydrogen-bond acceptors (Lipinski definition) is 6. The van der Waals surface area contributed by atoms with Gasteiger partial charge in [0.05, 0.1) is 24.7 Å². The van der Waals surface area contributed by atoms with Gasteiger partial charge in [-0.3, -0.25) is 4.79 Å². The fourth-order valence-corrected chi connectivity index (χ4v) is 3.65. The van der Waals surface area contributed by atoms with Crippen molar-refractivity contribution in [2.75, 3.05) is 46.0 Å². The molecule has 2 rings (SSSR count). The van der Waals surface area contributed by atoms with Gasteiger partial charge in [-0.05, 0) is 25.1 Å². The number of hydrogen-bond donors (Lipinski definition) is 3. The van der Waals surface area contributed by atoms with Crippen LogP contribution in [0.15, 0.2) is 29.2 Å². The first kappa shape index (κ1) is 19.8. The SMILES string of the molecule is CC1CN(C(=O)c2cccc(S(=O)(=O)NCCOCCO)c2)CCN1. The summed E-state index contributed by atoms with van der Waals surface area (Å²) in [5.74, 6) is -0.170. The summed E-state index contributed by atoms with van der Waals surface area (Å²) in [5, 5.41) is 11.9. The topological polar surface area (TPSA) is 108 Å². The third kappa shape index (κ3) is 5.75. The van der Waals surface area contributed by atoms with Crippen LogP contribution in [0, 0.1) is 0 Å². The van der Waals surface area contributed by atoms with Gasteiger partial charge in [0.1, 0.15) is 0 Å². The summed E-state index contributed by atoms with van der Waals surface area (Å²) in [4.78, 5) is 14.4. The number of amides is 1. The molecule has 1 heterocycles. The van der Waals surface area contributed by atoms with Crippen molar-refractivity contribution >= 4 is 15.9 Å². The maximum Gasteiger partial charge on any atom is 0.253 e. The highest BCUT2D eigenvalue weighted by molar-refractivity contribution is 7.89. The van der Waals surface area contributed by atoms with Gasteiger partial charge in [0, 0.05) is 37.8 Å². The van der Waals surface area contributed by atoms with Gasteiger partial charge in [-0.25, -0.2) is 13.1 Å². The Morgan fingerprint density at radius 3 is 2.96 bits per heavy atom. The van der Waals surface area contributed by atoms with E-state index in [1.54, 1.807) is 17.0 Å². The monoisotopic (exact) mass is 371 g/mol. The average Bonchev–Trinajstić information content (AvgIpc) is 2.61. The minimum atomic E-state index is -3.72. The quantitative estimate of drug-likeness (QED) is 0.527. The van der Waals surface area contributed by atoms with Crippen molar-refractivity contribution in [3.8, 4) is 0 Å². The predicted octanol–water partition coefficient (Wildman–Crippen LogP) is -0.592. The molecule has 1 aliphatic heterocycles.